The van der Waals surface area contributed by atoms with Crippen LogP contribution in [0.4, 0.5) is 0 Å². The molecule has 0 radical (unpaired) electrons. The highest BCUT2D eigenvalue weighted by molar-refractivity contribution is 5.14. The number of nitrogens with one attached hydrogen (secondary N) is 1. The monoisotopic (exact) mass is 227 g/mol. The molecule has 5 heteroatoms. The highest BCUT2D eigenvalue weighted by Gasteiger charge is 2.12. The first kappa shape index (κ1) is 13.0. The minimum atomic E-state index is 0.0137. The van der Waals surface area contributed by atoms with Gasteiger partial charge in [0.15, 0.2) is 0 Å². The maximum absolute atomic E-state index is 5.82. The van der Waals surface area contributed by atoms with Crippen molar-refractivity contribution in [2.75, 3.05) is 26.8 Å². The van der Waals surface area contributed by atoms with Crippen LogP contribution >= 0.6 is 0 Å². The maximum Gasteiger partial charge on any atom is 0.212 e. The number of methoxy groups -OCH3 is 1. The van der Waals surface area contributed by atoms with Gasteiger partial charge in [-0.05, 0) is 13.5 Å². The molecule has 0 aliphatic heterocycles. The minimum Gasteiger partial charge on any atom is -0.471 e. The summed E-state index contributed by atoms with van der Waals surface area (Å²) in [6, 6.07) is 1.93. The van der Waals surface area contributed by atoms with Gasteiger partial charge in [0, 0.05) is 26.8 Å². The Balaban J connectivity index is 2.56. The van der Waals surface area contributed by atoms with Crippen LogP contribution in [-0.4, -0.2) is 42.7 Å². The van der Waals surface area contributed by atoms with E-state index in [0.717, 1.165) is 24.7 Å². The molecule has 1 heterocycles. The average molecular weight is 227 g/mol. The fourth-order valence-corrected chi connectivity index (χ4v) is 1.49. The van der Waals surface area contributed by atoms with Crippen molar-refractivity contribution in [3.05, 3.63) is 11.8 Å². The lowest BCUT2D eigenvalue weighted by molar-refractivity contribution is 0.0749. The van der Waals surface area contributed by atoms with Gasteiger partial charge in [0.1, 0.15) is 6.10 Å². The van der Waals surface area contributed by atoms with Crippen molar-refractivity contribution in [3.8, 4) is 5.88 Å². The van der Waals surface area contributed by atoms with Gasteiger partial charge in [0.05, 0.1) is 12.3 Å². The summed E-state index contributed by atoms with van der Waals surface area (Å²) in [7, 11) is 3.55. The number of hydrogen-bond acceptors (Lipinski definition) is 4. The van der Waals surface area contributed by atoms with E-state index in [4.69, 9.17) is 9.47 Å². The molecule has 0 aliphatic rings. The molecule has 0 aliphatic carbocycles. The fourth-order valence-electron chi connectivity index (χ4n) is 1.49. The van der Waals surface area contributed by atoms with Gasteiger partial charge in [-0.1, -0.05) is 6.92 Å². The van der Waals surface area contributed by atoms with Gasteiger partial charge >= 0.3 is 0 Å². The van der Waals surface area contributed by atoms with Crippen molar-refractivity contribution < 1.29 is 9.47 Å². The van der Waals surface area contributed by atoms with Crippen molar-refractivity contribution in [1.82, 2.24) is 15.1 Å². The van der Waals surface area contributed by atoms with Gasteiger partial charge in [0.25, 0.3) is 0 Å². The first-order valence-corrected chi connectivity index (χ1v) is 5.54. The van der Waals surface area contributed by atoms with E-state index < -0.39 is 0 Å². The summed E-state index contributed by atoms with van der Waals surface area (Å²) in [5.74, 6) is 0.775. The van der Waals surface area contributed by atoms with E-state index >= 15 is 0 Å². The normalized spacial score (nSPS) is 12.8. The third-order valence-electron chi connectivity index (χ3n) is 2.22. The van der Waals surface area contributed by atoms with Crippen molar-refractivity contribution in [2.24, 2.45) is 7.05 Å². The molecule has 1 aromatic heterocycles. The Kier molecular flexibility index (Phi) is 5.28. The first-order valence-electron chi connectivity index (χ1n) is 5.54. The first-order chi connectivity index (χ1) is 7.67. The number of rotatable bonds is 7. The highest BCUT2D eigenvalue weighted by atomic mass is 16.5. The predicted octanol–water partition coefficient (Wildman–Crippen LogP) is 0.732. The van der Waals surface area contributed by atoms with Crippen LogP contribution in [0, 0.1) is 6.92 Å². The largest absolute Gasteiger partial charge is 0.471 e. The topological polar surface area (TPSA) is 48.3 Å². The highest BCUT2D eigenvalue weighted by Crippen LogP contribution is 2.12. The van der Waals surface area contributed by atoms with Crippen LogP contribution in [0.5, 0.6) is 5.88 Å². The SMILES string of the molecule is CCNCC(COC)Oc1cc(C)nn1C. The number of nitrogens with zero attached hydrogens (tertiary/aromatic N) is 2. The zero-order chi connectivity index (χ0) is 12.0. The van der Waals surface area contributed by atoms with Gasteiger partial charge < -0.3 is 14.8 Å². The third-order valence-corrected chi connectivity index (χ3v) is 2.22. The molecule has 1 aromatic rings. The van der Waals surface area contributed by atoms with Crippen LogP contribution < -0.4 is 10.1 Å². The zero-order valence-electron chi connectivity index (χ0n) is 10.5. The molecule has 92 valence electrons. The smallest absolute Gasteiger partial charge is 0.212 e. The van der Waals surface area contributed by atoms with Gasteiger partial charge in [0.2, 0.25) is 5.88 Å². The molecule has 0 aromatic carbocycles. The summed E-state index contributed by atoms with van der Waals surface area (Å²) in [6.07, 6.45) is 0.0137. The second-order valence-electron chi connectivity index (χ2n) is 3.75. The van der Waals surface area contributed by atoms with Gasteiger partial charge in [-0.3, -0.25) is 0 Å². The summed E-state index contributed by atoms with van der Waals surface area (Å²) in [5.41, 5.74) is 0.956. The number of likely N-dealkylation sites (N-methyl/N-ethyl adjacent to an activating group) is 1. The van der Waals surface area contributed by atoms with Crippen LogP contribution in [0.15, 0.2) is 6.07 Å². The van der Waals surface area contributed by atoms with Crippen molar-refractivity contribution >= 4 is 0 Å². The van der Waals surface area contributed by atoms with Gasteiger partial charge in [-0.15, -0.1) is 0 Å². The Hall–Kier alpha value is -1.07. The molecule has 1 unspecified atom stereocenters. The summed E-state index contributed by atoms with van der Waals surface area (Å²) < 4.78 is 12.7. The van der Waals surface area contributed by atoms with E-state index in [0.29, 0.717) is 6.61 Å². The fraction of sp³-hybridized carbons (Fsp3) is 0.727. The Bertz CT molecular complexity index is 312. The molecule has 5 nitrogen and oxygen atoms in total. The quantitative estimate of drug-likeness (QED) is 0.746. The molecule has 1 N–H and O–H groups in total. The molecule has 16 heavy (non-hydrogen) atoms. The number of hydrogen-bond donors (Lipinski definition) is 1. The molecule has 0 saturated carbocycles. The molecule has 0 amide bonds. The molecule has 0 saturated heterocycles. The van der Waals surface area contributed by atoms with Crippen molar-refractivity contribution in [2.45, 2.75) is 20.0 Å². The van der Waals surface area contributed by atoms with Crippen LogP contribution in [0.2, 0.25) is 0 Å². The van der Waals surface area contributed by atoms with Crippen LogP contribution in [-0.2, 0) is 11.8 Å². The molecular formula is C11H21N3O2. The van der Waals surface area contributed by atoms with Crippen LogP contribution in [0.25, 0.3) is 0 Å². The number of aryl methyl sites for hydroxylation is 2. The summed E-state index contributed by atoms with van der Waals surface area (Å²) in [4.78, 5) is 0. The molecule has 1 atom stereocenters. The van der Waals surface area contributed by atoms with Gasteiger partial charge in [-0.2, -0.15) is 5.10 Å². The van der Waals surface area contributed by atoms with Gasteiger partial charge in [-0.25, -0.2) is 4.68 Å². The maximum atomic E-state index is 5.82. The molecule has 0 fully saturated rings. The van der Waals surface area contributed by atoms with E-state index in [1.165, 1.54) is 0 Å². The summed E-state index contributed by atoms with van der Waals surface area (Å²) in [5, 5.41) is 7.48. The predicted molar refractivity (Wildman–Crippen MR) is 62.8 cm³/mol. The Labute approximate surface area is 96.7 Å². The van der Waals surface area contributed by atoms with E-state index in [-0.39, 0.29) is 6.10 Å². The molecule has 0 spiro atoms. The lowest BCUT2D eigenvalue weighted by Crippen LogP contribution is -2.35. The number of ether oxygens (including phenoxy) is 2. The van der Waals surface area contributed by atoms with Crippen LogP contribution in [0.1, 0.15) is 12.6 Å². The summed E-state index contributed by atoms with van der Waals surface area (Å²) in [6.45, 7) is 6.28. The minimum absolute atomic E-state index is 0.0137. The van der Waals surface area contributed by atoms with E-state index in [1.807, 2.05) is 20.0 Å². The Morgan fingerprint density at radius 2 is 2.31 bits per heavy atom. The molecule has 1 rings (SSSR count). The Morgan fingerprint density at radius 1 is 1.56 bits per heavy atom. The van der Waals surface area contributed by atoms with E-state index in [9.17, 15) is 0 Å². The van der Waals surface area contributed by atoms with Crippen LogP contribution in [0.3, 0.4) is 0 Å². The second-order valence-corrected chi connectivity index (χ2v) is 3.75. The van der Waals surface area contributed by atoms with Crippen molar-refractivity contribution in [1.29, 1.82) is 0 Å². The lowest BCUT2D eigenvalue weighted by Gasteiger charge is -2.18. The van der Waals surface area contributed by atoms with E-state index in [2.05, 4.69) is 17.3 Å². The van der Waals surface area contributed by atoms with Crippen molar-refractivity contribution in [3.63, 3.8) is 0 Å². The Morgan fingerprint density at radius 3 is 2.81 bits per heavy atom. The standard InChI is InChI=1S/C11H21N3O2/c1-5-12-7-10(8-15-4)16-11-6-9(2)13-14(11)3/h6,10,12H,5,7-8H2,1-4H3. The third kappa shape index (κ3) is 3.83. The number of aromatic nitrogens is 2. The van der Waals surface area contributed by atoms with E-state index in [1.54, 1.807) is 11.8 Å². The average Bonchev–Trinajstić information content (AvgIpc) is 2.54. The molecular weight excluding hydrogens is 206 g/mol. The lowest BCUT2D eigenvalue weighted by atomic mass is 10.3. The molecule has 0 bridgehead atoms. The zero-order valence-corrected chi connectivity index (χ0v) is 10.5. The second kappa shape index (κ2) is 6.50. The summed E-state index contributed by atoms with van der Waals surface area (Å²) >= 11 is 0.